The molecule has 0 bridgehead atoms. The van der Waals surface area contributed by atoms with Gasteiger partial charge in [0.25, 0.3) is 5.91 Å². The molecular formula is C22H29ClN4O4S. The first-order chi connectivity index (χ1) is 15.0. The SMILES string of the molecule is Cc1ccc(NC(=O)CN(C)S(=O)(=O)c2cc(C(=O)N3CCC(C)CC3)n(C)c2)cc1Cl. The first-order valence-electron chi connectivity index (χ1n) is 10.5. The number of amides is 2. The van der Waals surface area contributed by atoms with Crippen molar-refractivity contribution in [3.05, 3.63) is 46.7 Å². The second-order valence-corrected chi connectivity index (χ2v) is 10.9. The van der Waals surface area contributed by atoms with Gasteiger partial charge in [-0.05, 0) is 49.4 Å². The van der Waals surface area contributed by atoms with Crippen LogP contribution in [0, 0.1) is 12.8 Å². The van der Waals surface area contributed by atoms with Crippen molar-refractivity contribution in [2.45, 2.75) is 31.6 Å². The van der Waals surface area contributed by atoms with Crippen LogP contribution in [0.15, 0.2) is 35.4 Å². The van der Waals surface area contributed by atoms with E-state index in [0.29, 0.717) is 35.4 Å². The first kappa shape index (κ1) is 24.3. The summed E-state index contributed by atoms with van der Waals surface area (Å²) in [6.45, 7) is 4.95. The van der Waals surface area contributed by atoms with E-state index in [1.165, 1.54) is 23.9 Å². The van der Waals surface area contributed by atoms with Gasteiger partial charge >= 0.3 is 0 Å². The third-order valence-corrected chi connectivity index (χ3v) is 7.98. The maximum Gasteiger partial charge on any atom is 0.270 e. The van der Waals surface area contributed by atoms with E-state index in [9.17, 15) is 18.0 Å². The summed E-state index contributed by atoms with van der Waals surface area (Å²) in [5.74, 6) is -0.0951. The summed E-state index contributed by atoms with van der Waals surface area (Å²) >= 11 is 6.07. The van der Waals surface area contributed by atoms with Crippen LogP contribution in [-0.4, -0.2) is 60.7 Å². The molecule has 1 aromatic carbocycles. The van der Waals surface area contributed by atoms with Crippen molar-refractivity contribution in [3.63, 3.8) is 0 Å². The van der Waals surface area contributed by atoms with E-state index in [-0.39, 0.29) is 17.3 Å². The minimum atomic E-state index is -3.96. The van der Waals surface area contributed by atoms with Gasteiger partial charge in [-0.15, -0.1) is 0 Å². The molecule has 0 unspecified atom stereocenters. The lowest BCUT2D eigenvalue weighted by Crippen LogP contribution is -2.38. The quantitative estimate of drug-likeness (QED) is 0.687. The third kappa shape index (κ3) is 5.33. The number of nitrogens with one attached hydrogen (secondary N) is 1. The number of nitrogens with zero attached hydrogens (tertiary/aromatic N) is 3. The predicted octanol–water partition coefficient (Wildman–Crippen LogP) is 3.12. The lowest BCUT2D eigenvalue weighted by atomic mass is 9.99. The molecule has 2 aromatic rings. The Bertz CT molecular complexity index is 1120. The predicted molar refractivity (Wildman–Crippen MR) is 124 cm³/mol. The van der Waals surface area contributed by atoms with Crippen molar-refractivity contribution in [1.82, 2.24) is 13.8 Å². The Kier molecular flexibility index (Phi) is 7.32. The fraction of sp³-hybridized carbons (Fsp3) is 0.455. The van der Waals surface area contributed by atoms with Crippen LogP contribution in [0.25, 0.3) is 0 Å². The van der Waals surface area contributed by atoms with E-state index in [0.717, 1.165) is 22.7 Å². The zero-order valence-corrected chi connectivity index (χ0v) is 20.3. The van der Waals surface area contributed by atoms with Crippen LogP contribution >= 0.6 is 11.6 Å². The molecule has 0 spiro atoms. The minimum absolute atomic E-state index is 0.0255. The number of halogens is 1. The maximum atomic E-state index is 13.0. The van der Waals surface area contributed by atoms with Crippen LogP contribution in [0.5, 0.6) is 0 Å². The van der Waals surface area contributed by atoms with Gasteiger partial charge in [0.05, 0.1) is 6.54 Å². The zero-order chi connectivity index (χ0) is 23.6. The molecule has 8 nitrogen and oxygen atoms in total. The fourth-order valence-electron chi connectivity index (χ4n) is 3.60. The number of sulfonamides is 1. The normalized spacial score (nSPS) is 15.2. The Hall–Kier alpha value is -2.36. The summed E-state index contributed by atoms with van der Waals surface area (Å²) in [6.07, 6.45) is 3.28. The number of aryl methyl sites for hydroxylation is 2. The Morgan fingerprint density at radius 3 is 2.50 bits per heavy atom. The Labute approximate surface area is 194 Å². The van der Waals surface area contributed by atoms with Gasteiger partial charge in [0.15, 0.2) is 0 Å². The summed E-state index contributed by atoms with van der Waals surface area (Å²) in [5.41, 5.74) is 1.67. The van der Waals surface area contributed by atoms with Crippen LogP contribution < -0.4 is 5.32 Å². The van der Waals surface area contributed by atoms with Crippen LogP contribution in [0.1, 0.15) is 35.8 Å². The standard InChI is InChI=1S/C22H29ClN4O4S/c1-15-7-9-27(10-8-15)22(29)20-12-18(13-25(20)3)32(30,31)26(4)14-21(28)24-17-6-5-16(2)19(23)11-17/h5-6,11-13,15H,7-10,14H2,1-4H3,(H,24,28). The van der Waals surface area contributed by atoms with Crippen LogP contribution in [0.3, 0.4) is 0 Å². The molecule has 1 N–H and O–H groups in total. The highest BCUT2D eigenvalue weighted by Crippen LogP contribution is 2.23. The lowest BCUT2D eigenvalue weighted by Gasteiger charge is -2.30. The number of aromatic nitrogens is 1. The van der Waals surface area contributed by atoms with Crippen molar-refractivity contribution < 1.29 is 18.0 Å². The van der Waals surface area contributed by atoms with Crippen LogP contribution in [0.2, 0.25) is 5.02 Å². The molecular weight excluding hydrogens is 452 g/mol. The zero-order valence-electron chi connectivity index (χ0n) is 18.8. The fourth-order valence-corrected chi connectivity index (χ4v) is 4.98. The smallest absolute Gasteiger partial charge is 0.270 e. The molecule has 1 saturated heterocycles. The number of anilines is 1. The lowest BCUT2D eigenvalue weighted by molar-refractivity contribution is -0.116. The highest BCUT2D eigenvalue weighted by molar-refractivity contribution is 7.89. The number of benzene rings is 1. The number of rotatable bonds is 6. The molecule has 1 aromatic heterocycles. The molecule has 10 heteroatoms. The number of hydrogen-bond donors (Lipinski definition) is 1. The van der Waals surface area contributed by atoms with Crippen molar-refractivity contribution in [3.8, 4) is 0 Å². The molecule has 0 aliphatic carbocycles. The van der Waals surface area contributed by atoms with E-state index in [1.807, 2.05) is 6.92 Å². The summed E-state index contributed by atoms with van der Waals surface area (Å²) in [7, 11) is -0.985. The van der Waals surface area contributed by atoms with E-state index in [1.54, 1.807) is 30.1 Å². The van der Waals surface area contributed by atoms with Gasteiger partial charge in [0.2, 0.25) is 15.9 Å². The van der Waals surface area contributed by atoms with Gasteiger partial charge in [0, 0.05) is 44.1 Å². The van der Waals surface area contributed by atoms with Crippen molar-refractivity contribution >= 4 is 39.1 Å². The van der Waals surface area contributed by atoms with Crippen molar-refractivity contribution in [2.75, 3.05) is 32.0 Å². The average molecular weight is 481 g/mol. The first-order valence-corrected chi connectivity index (χ1v) is 12.3. The molecule has 1 fully saturated rings. The molecule has 2 amide bonds. The molecule has 32 heavy (non-hydrogen) atoms. The summed E-state index contributed by atoms with van der Waals surface area (Å²) < 4.78 is 28.5. The van der Waals surface area contributed by atoms with Gasteiger partial charge in [0.1, 0.15) is 10.6 Å². The highest BCUT2D eigenvalue weighted by atomic mass is 35.5. The molecule has 0 saturated carbocycles. The molecule has 174 valence electrons. The van der Waals surface area contributed by atoms with Gasteiger partial charge in [-0.1, -0.05) is 24.6 Å². The number of piperidine rings is 1. The molecule has 1 aliphatic rings. The molecule has 3 rings (SSSR count). The Morgan fingerprint density at radius 1 is 1.22 bits per heavy atom. The average Bonchev–Trinajstić information content (AvgIpc) is 3.13. The van der Waals surface area contributed by atoms with Crippen molar-refractivity contribution in [2.24, 2.45) is 13.0 Å². The van der Waals surface area contributed by atoms with Gasteiger partial charge in [-0.2, -0.15) is 4.31 Å². The second kappa shape index (κ2) is 9.64. The Morgan fingerprint density at radius 2 is 1.88 bits per heavy atom. The molecule has 0 radical (unpaired) electrons. The number of likely N-dealkylation sites (tertiary alicyclic amines) is 1. The third-order valence-electron chi connectivity index (χ3n) is 5.80. The Balaban J connectivity index is 1.70. The number of carbonyl (C=O) groups excluding carboxylic acids is 2. The van der Waals surface area contributed by atoms with Crippen molar-refractivity contribution in [1.29, 1.82) is 0 Å². The largest absolute Gasteiger partial charge is 0.345 e. The maximum absolute atomic E-state index is 13.0. The van der Waals surface area contributed by atoms with Crippen LogP contribution in [-0.2, 0) is 21.9 Å². The molecule has 0 atom stereocenters. The summed E-state index contributed by atoms with van der Waals surface area (Å²) in [5, 5.41) is 3.16. The summed E-state index contributed by atoms with van der Waals surface area (Å²) in [4.78, 5) is 27.0. The van der Waals surface area contributed by atoms with E-state index >= 15 is 0 Å². The second-order valence-electron chi connectivity index (χ2n) is 8.42. The highest BCUT2D eigenvalue weighted by Gasteiger charge is 2.29. The van der Waals surface area contributed by atoms with Gasteiger partial charge < -0.3 is 14.8 Å². The number of likely N-dealkylation sites (N-methyl/N-ethyl adjacent to an activating group) is 1. The number of carbonyl (C=O) groups is 2. The van der Waals surface area contributed by atoms with Gasteiger partial charge in [-0.3, -0.25) is 9.59 Å². The summed E-state index contributed by atoms with van der Waals surface area (Å²) in [6, 6.07) is 6.46. The number of hydrogen-bond acceptors (Lipinski definition) is 4. The molecule has 2 heterocycles. The van der Waals surface area contributed by atoms with E-state index < -0.39 is 15.9 Å². The monoisotopic (exact) mass is 480 g/mol. The van der Waals surface area contributed by atoms with E-state index in [4.69, 9.17) is 11.6 Å². The van der Waals surface area contributed by atoms with Crippen LogP contribution in [0.4, 0.5) is 5.69 Å². The topological polar surface area (TPSA) is 91.7 Å². The van der Waals surface area contributed by atoms with Gasteiger partial charge in [-0.25, -0.2) is 8.42 Å². The van der Waals surface area contributed by atoms with E-state index in [2.05, 4.69) is 12.2 Å². The minimum Gasteiger partial charge on any atom is -0.345 e. The molecule has 1 aliphatic heterocycles.